The molecule has 2 N–H and O–H groups in total. The van der Waals surface area contributed by atoms with E-state index in [2.05, 4.69) is 4.99 Å². The van der Waals surface area contributed by atoms with Crippen LogP contribution in [0, 0.1) is 5.92 Å². The van der Waals surface area contributed by atoms with Crippen LogP contribution in [0.1, 0.15) is 32.1 Å². The van der Waals surface area contributed by atoms with Crippen molar-refractivity contribution in [2.24, 2.45) is 16.6 Å². The van der Waals surface area contributed by atoms with E-state index in [4.69, 9.17) is 5.73 Å². The number of carbonyl (C=O) groups is 1. The third-order valence-electron chi connectivity index (χ3n) is 3.58. The van der Waals surface area contributed by atoms with Crippen LogP contribution >= 0.6 is 0 Å². The fourth-order valence-electron chi connectivity index (χ4n) is 2.46. The predicted molar refractivity (Wildman–Crippen MR) is 53.0 cm³/mol. The summed E-state index contributed by atoms with van der Waals surface area (Å²) in [6.45, 7) is 0. The van der Waals surface area contributed by atoms with Crippen molar-refractivity contribution >= 4 is 11.9 Å². The van der Waals surface area contributed by atoms with Crippen molar-refractivity contribution in [3.63, 3.8) is 0 Å². The Morgan fingerprint density at radius 3 is 2.50 bits per heavy atom. The monoisotopic (exact) mass is 193 g/mol. The van der Waals surface area contributed by atoms with Crippen LogP contribution in [0.3, 0.4) is 0 Å². The minimum absolute atomic E-state index is 0.0955. The first-order valence-electron chi connectivity index (χ1n) is 5.44. The molecule has 1 heterocycles. The highest BCUT2D eigenvalue weighted by molar-refractivity contribution is 6.03. The van der Waals surface area contributed by atoms with Crippen LogP contribution in [0.2, 0.25) is 0 Å². The molecule has 1 aliphatic heterocycles. The number of urea groups is 1. The van der Waals surface area contributed by atoms with Crippen molar-refractivity contribution in [3.05, 3.63) is 0 Å². The lowest BCUT2D eigenvalue weighted by Gasteiger charge is -2.36. The normalized spacial score (nSPS) is 33.1. The zero-order valence-electron chi connectivity index (χ0n) is 8.15. The van der Waals surface area contributed by atoms with E-state index in [1.807, 2.05) is 4.90 Å². The van der Waals surface area contributed by atoms with Gasteiger partial charge in [0.1, 0.15) is 5.84 Å². The molecule has 4 nitrogen and oxygen atoms in total. The quantitative estimate of drug-likeness (QED) is 0.714. The molecule has 3 aliphatic rings. The number of aliphatic imine (C=N–C) groups is 1. The highest BCUT2D eigenvalue weighted by Gasteiger charge is 2.47. The third-order valence-corrected chi connectivity index (χ3v) is 3.58. The van der Waals surface area contributed by atoms with E-state index in [0.29, 0.717) is 17.8 Å². The van der Waals surface area contributed by atoms with Crippen molar-refractivity contribution in [1.82, 2.24) is 4.90 Å². The maximum Gasteiger partial charge on any atom is 0.346 e. The van der Waals surface area contributed by atoms with Gasteiger partial charge in [0.15, 0.2) is 0 Å². The number of hydrogen-bond acceptors (Lipinski definition) is 2. The van der Waals surface area contributed by atoms with E-state index in [1.165, 1.54) is 19.3 Å². The van der Waals surface area contributed by atoms with E-state index < -0.39 is 0 Å². The summed E-state index contributed by atoms with van der Waals surface area (Å²) in [5.41, 5.74) is 5.82. The summed E-state index contributed by atoms with van der Waals surface area (Å²) in [5.74, 6) is 1.15. The van der Waals surface area contributed by atoms with Gasteiger partial charge in [-0.2, -0.15) is 4.99 Å². The molecular weight excluding hydrogens is 178 g/mol. The number of carbonyl (C=O) groups excluding carboxylic acids is 1. The molecule has 3 rings (SSSR count). The molecule has 1 atom stereocenters. The van der Waals surface area contributed by atoms with Crippen LogP contribution in [0.25, 0.3) is 0 Å². The minimum Gasteiger partial charge on any atom is -0.385 e. The summed E-state index contributed by atoms with van der Waals surface area (Å²) in [4.78, 5) is 17.4. The van der Waals surface area contributed by atoms with Crippen molar-refractivity contribution in [1.29, 1.82) is 0 Å². The van der Waals surface area contributed by atoms with Crippen molar-refractivity contribution in [3.8, 4) is 0 Å². The molecule has 0 aromatic carbocycles. The summed E-state index contributed by atoms with van der Waals surface area (Å²) in [6, 6.07) is 0.489. The van der Waals surface area contributed by atoms with Gasteiger partial charge in [0.05, 0.1) is 6.04 Å². The second-order valence-electron chi connectivity index (χ2n) is 4.59. The first-order chi connectivity index (χ1) is 6.77. The number of amides is 2. The lowest BCUT2D eigenvalue weighted by atomic mass is 9.79. The van der Waals surface area contributed by atoms with Gasteiger partial charge in [-0.1, -0.05) is 6.42 Å². The van der Waals surface area contributed by atoms with Crippen molar-refractivity contribution < 1.29 is 4.79 Å². The van der Waals surface area contributed by atoms with Gasteiger partial charge < -0.3 is 10.6 Å². The summed E-state index contributed by atoms with van der Waals surface area (Å²) in [7, 11) is 0. The Kier molecular flexibility index (Phi) is 1.60. The number of amidine groups is 1. The topological polar surface area (TPSA) is 58.7 Å². The van der Waals surface area contributed by atoms with E-state index in [1.54, 1.807) is 0 Å². The van der Waals surface area contributed by atoms with E-state index in [9.17, 15) is 4.79 Å². The van der Waals surface area contributed by atoms with Crippen LogP contribution in [-0.2, 0) is 0 Å². The molecule has 2 saturated carbocycles. The van der Waals surface area contributed by atoms with Gasteiger partial charge >= 0.3 is 6.03 Å². The molecule has 0 spiro atoms. The summed E-state index contributed by atoms with van der Waals surface area (Å²) >= 11 is 0. The van der Waals surface area contributed by atoms with Crippen LogP contribution in [0.5, 0.6) is 0 Å². The summed E-state index contributed by atoms with van der Waals surface area (Å²) < 4.78 is 0. The average molecular weight is 193 g/mol. The molecule has 4 heteroatoms. The fourth-order valence-corrected chi connectivity index (χ4v) is 2.46. The fraction of sp³-hybridized carbons (Fsp3) is 0.800. The number of nitrogens with zero attached hydrogens (tertiary/aromatic N) is 2. The largest absolute Gasteiger partial charge is 0.385 e. The van der Waals surface area contributed by atoms with E-state index in [0.717, 1.165) is 12.8 Å². The molecule has 0 bridgehead atoms. The molecule has 0 aromatic heterocycles. The van der Waals surface area contributed by atoms with Gasteiger partial charge in [-0.15, -0.1) is 0 Å². The smallest absolute Gasteiger partial charge is 0.346 e. The zero-order valence-corrected chi connectivity index (χ0v) is 8.15. The second-order valence-corrected chi connectivity index (χ2v) is 4.59. The molecule has 2 amide bonds. The van der Waals surface area contributed by atoms with E-state index >= 15 is 0 Å². The van der Waals surface area contributed by atoms with Gasteiger partial charge in [-0.3, -0.25) is 0 Å². The van der Waals surface area contributed by atoms with Gasteiger partial charge in [-0.25, -0.2) is 4.79 Å². The molecular formula is C10H15N3O. The lowest BCUT2D eigenvalue weighted by molar-refractivity contribution is 0.156. The molecule has 0 radical (unpaired) electrons. The van der Waals surface area contributed by atoms with Gasteiger partial charge in [0, 0.05) is 6.04 Å². The Bertz CT molecular complexity index is 304. The third kappa shape index (κ3) is 1.06. The number of hydrogen-bond donors (Lipinski definition) is 1. The number of rotatable bonds is 2. The SMILES string of the molecule is NC1=NC(=O)N(C2CC2)C1C1CCC1. The molecule has 2 aliphatic carbocycles. The van der Waals surface area contributed by atoms with Crippen molar-refractivity contribution in [2.45, 2.75) is 44.2 Å². The van der Waals surface area contributed by atoms with Crippen LogP contribution < -0.4 is 5.73 Å². The lowest BCUT2D eigenvalue weighted by Crippen LogP contribution is -2.48. The Balaban J connectivity index is 1.83. The zero-order chi connectivity index (χ0) is 9.71. The summed E-state index contributed by atoms with van der Waals surface area (Å²) in [5, 5.41) is 0. The van der Waals surface area contributed by atoms with Gasteiger partial charge in [0.2, 0.25) is 0 Å². The molecule has 1 unspecified atom stereocenters. The van der Waals surface area contributed by atoms with Crippen molar-refractivity contribution in [2.75, 3.05) is 0 Å². The number of nitrogens with two attached hydrogens (primary N) is 1. The molecule has 0 aromatic rings. The first-order valence-corrected chi connectivity index (χ1v) is 5.44. The Hall–Kier alpha value is -1.06. The summed E-state index contributed by atoms with van der Waals surface area (Å²) in [6.07, 6.45) is 5.96. The average Bonchev–Trinajstić information content (AvgIpc) is 2.79. The molecule has 0 saturated heterocycles. The second kappa shape index (κ2) is 2.72. The van der Waals surface area contributed by atoms with Crippen LogP contribution in [0.4, 0.5) is 4.79 Å². The standard InChI is InChI=1S/C10H15N3O/c11-9-8(6-2-1-3-6)13(7-4-5-7)10(14)12-9/h6-8H,1-5H2,(H2,11,12,14). The van der Waals surface area contributed by atoms with Gasteiger partial charge in [-0.05, 0) is 31.6 Å². The molecule has 14 heavy (non-hydrogen) atoms. The molecule has 2 fully saturated rings. The predicted octanol–water partition coefficient (Wildman–Crippen LogP) is 1.11. The Labute approximate surface area is 83.2 Å². The van der Waals surface area contributed by atoms with Gasteiger partial charge in [0.25, 0.3) is 0 Å². The maximum atomic E-state index is 11.6. The van der Waals surface area contributed by atoms with Crippen LogP contribution in [-0.4, -0.2) is 28.9 Å². The maximum absolute atomic E-state index is 11.6. The highest BCUT2D eigenvalue weighted by Crippen LogP contribution is 2.39. The molecule has 76 valence electrons. The highest BCUT2D eigenvalue weighted by atomic mass is 16.2. The first kappa shape index (κ1) is 8.26. The Morgan fingerprint density at radius 1 is 1.29 bits per heavy atom. The Morgan fingerprint density at radius 2 is 2.00 bits per heavy atom. The minimum atomic E-state index is -0.0955. The van der Waals surface area contributed by atoms with E-state index in [-0.39, 0.29) is 12.1 Å². The van der Waals surface area contributed by atoms with Crippen LogP contribution in [0.15, 0.2) is 4.99 Å².